The normalized spacial score (nSPS) is 18.1. The first kappa shape index (κ1) is 20.8. The molecule has 1 aromatic rings. The van der Waals surface area contributed by atoms with Gasteiger partial charge in [0.25, 0.3) is 0 Å². The number of benzene rings is 1. The van der Waals surface area contributed by atoms with E-state index in [1.54, 1.807) is 39.8 Å². The quantitative estimate of drug-likeness (QED) is 0.664. The first-order chi connectivity index (χ1) is 12.1. The number of hydrogen-bond acceptors (Lipinski definition) is 6. The van der Waals surface area contributed by atoms with Crippen LogP contribution in [0.5, 0.6) is 5.75 Å². The zero-order chi connectivity index (χ0) is 19.5. The van der Waals surface area contributed by atoms with Gasteiger partial charge in [-0.05, 0) is 40.7 Å². The summed E-state index contributed by atoms with van der Waals surface area (Å²) in [4.78, 5) is 17.4. The molecule has 2 atom stereocenters. The van der Waals surface area contributed by atoms with Gasteiger partial charge < -0.3 is 19.0 Å². The number of ether oxygens (including phenoxy) is 3. The molecule has 0 saturated heterocycles. The van der Waals surface area contributed by atoms with Crippen LogP contribution in [0.4, 0.5) is 0 Å². The number of rotatable bonds is 6. The van der Waals surface area contributed by atoms with E-state index in [0.717, 1.165) is 0 Å². The molecular weight excluding hydrogens is 381 g/mol. The monoisotopic (exact) mass is 403 g/mol. The fraction of sp³-hybridized carbons (Fsp3) is 0.556. The van der Waals surface area contributed by atoms with Crippen LogP contribution in [0.25, 0.3) is 0 Å². The van der Waals surface area contributed by atoms with Crippen LogP contribution in [0, 0.1) is 0 Å². The maximum atomic E-state index is 12.2. The third kappa shape index (κ3) is 5.25. The predicted molar refractivity (Wildman–Crippen MR) is 100 cm³/mol. The maximum Gasteiger partial charge on any atom is 0.347 e. The van der Waals surface area contributed by atoms with Gasteiger partial charge in [0, 0.05) is 18.2 Å². The molecule has 0 saturated carbocycles. The number of oxime groups is 1. The van der Waals surface area contributed by atoms with E-state index >= 15 is 0 Å². The molecule has 1 aromatic carbocycles. The Morgan fingerprint density at radius 3 is 2.62 bits per heavy atom. The first-order valence-corrected chi connectivity index (χ1v) is 9.08. The van der Waals surface area contributed by atoms with E-state index in [1.807, 2.05) is 6.92 Å². The number of halogens is 2. The Morgan fingerprint density at radius 2 is 2.00 bits per heavy atom. The molecule has 8 heteroatoms. The van der Waals surface area contributed by atoms with Crippen LogP contribution in [0.2, 0.25) is 10.0 Å². The number of hydrogen-bond donors (Lipinski definition) is 0. The molecule has 26 heavy (non-hydrogen) atoms. The summed E-state index contributed by atoms with van der Waals surface area (Å²) >= 11 is 12.3. The van der Waals surface area contributed by atoms with Gasteiger partial charge in [-0.25, -0.2) is 4.79 Å². The summed E-state index contributed by atoms with van der Waals surface area (Å²) in [5, 5.41) is 4.68. The van der Waals surface area contributed by atoms with Crippen molar-refractivity contribution < 1.29 is 23.8 Å². The second-order valence-electron chi connectivity index (χ2n) is 6.77. The van der Waals surface area contributed by atoms with Crippen molar-refractivity contribution in [1.29, 1.82) is 0 Å². The Bertz CT molecular complexity index is 700. The summed E-state index contributed by atoms with van der Waals surface area (Å²) in [5.74, 6) is -0.132. The lowest BCUT2D eigenvalue weighted by atomic mass is 10.0. The Hall–Kier alpha value is -1.50. The van der Waals surface area contributed by atoms with E-state index in [2.05, 4.69) is 5.16 Å². The van der Waals surface area contributed by atoms with Crippen molar-refractivity contribution in [2.75, 3.05) is 13.2 Å². The largest absolute Gasteiger partial charge is 0.478 e. The zero-order valence-electron chi connectivity index (χ0n) is 15.5. The van der Waals surface area contributed by atoms with Crippen molar-refractivity contribution in [2.24, 2.45) is 5.16 Å². The van der Waals surface area contributed by atoms with Crippen molar-refractivity contribution in [2.45, 2.75) is 52.4 Å². The standard InChI is InChI=1S/C18H23Cl2NO5/c1-6-23-15-9-24-21-16(15)11-7-12(19)13(20)8-14(11)25-10(2)17(22)26-18(3,4)5/h7-8,10,15H,6,9H2,1-5H3. The SMILES string of the molecule is CCOC1CON=C1c1cc(Cl)c(Cl)cc1OC(C)C(=O)OC(C)(C)C. The van der Waals surface area contributed by atoms with E-state index in [-0.39, 0.29) is 6.10 Å². The molecule has 1 aliphatic heterocycles. The minimum atomic E-state index is -0.848. The van der Waals surface area contributed by atoms with Crippen LogP contribution in [0.15, 0.2) is 17.3 Å². The van der Waals surface area contributed by atoms with Crippen molar-refractivity contribution in [3.05, 3.63) is 27.7 Å². The second kappa shape index (κ2) is 8.46. The molecule has 2 rings (SSSR count). The highest BCUT2D eigenvalue weighted by Crippen LogP contribution is 2.34. The Kier molecular flexibility index (Phi) is 6.77. The van der Waals surface area contributed by atoms with Gasteiger partial charge in [-0.3, -0.25) is 0 Å². The fourth-order valence-corrected chi connectivity index (χ4v) is 2.63. The summed E-state index contributed by atoms with van der Waals surface area (Å²) in [6.07, 6.45) is -1.20. The average Bonchev–Trinajstić information content (AvgIpc) is 2.97. The third-order valence-electron chi connectivity index (χ3n) is 3.40. The molecule has 2 unspecified atom stereocenters. The minimum absolute atomic E-state index is 0.296. The van der Waals surface area contributed by atoms with Gasteiger partial charge in [0.15, 0.2) is 6.10 Å². The first-order valence-electron chi connectivity index (χ1n) is 8.32. The van der Waals surface area contributed by atoms with Gasteiger partial charge in [-0.1, -0.05) is 28.4 Å². The Morgan fingerprint density at radius 1 is 1.35 bits per heavy atom. The summed E-state index contributed by atoms with van der Waals surface area (Å²) in [6, 6.07) is 3.17. The molecule has 6 nitrogen and oxygen atoms in total. The Balaban J connectivity index is 2.30. The molecule has 1 heterocycles. The number of carbonyl (C=O) groups is 1. The molecule has 1 aliphatic rings. The van der Waals surface area contributed by atoms with Crippen LogP contribution >= 0.6 is 23.2 Å². The number of nitrogens with zero attached hydrogens (tertiary/aromatic N) is 1. The summed E-state index contributed by atoms with van der Waals surface area (Å²) < 4.78 is 16.8. The highest BCUT2D eigenvalue weighted by Gasteiger charge is 2.30. The maximum absolute atomic E-state index is 12.2. The van der Waals surface area contributed by atoms with E-state index in [1.165, 1.54) is 0 Å². The van der Waals surface area contributed by atoms with Crippen molar-refractivity contribution in [1.82, 2.24) is 0 Å². The van der Waals surface area contributed by atoms with Gasteiger partial charge in [-0.2, -0.15) is 0 Å². The van der Waals surface area contributed by atoms with Crippen LogP contribution in [-0.4, -0.2) is 42.7 Å². The summed E-state index contributed by atoms with van der Waals surface area (Å²) in [5.41, 5.74) is 0.487. The van der Waals surface area contributed by atoms with Gasteiger partial charge in [0.05, 0.1) is 10.0 Å². The molecule has 0 N–H and O–H groups in total. The summed E-state index contributed by atoms with van der Waals surface area (Å²) in [6.45, 7) is 9.65. The van der Waals surface area contributed by atoms with Crippen molar-refractivity contribution >= 4 is 34.9 Å². The van der Waals surface area contributed by atoms with Crippen LogP contribution in [0.1, 0.15) is 40.2 Å². The van der Waals surface area contributed by atoms with Gasteiger partial charge >= 0.3 is 5.97 Å². The van der Waals surface area contributed by atoms with Crippen LogP contribution in [-0.2, 0) is 19.1 Å². The number of esters is 1. The molecule has 0 spiro atoms. The van der Waals surface area contributed by atoms with E-state index < -0.39 is 17.7 Å². The third-order valence-corrected chi connectivity index (χ3v) is 4.12. The molecule has 0 bridgehead atoms. The van der Waals surface area contributed by atoms with E-state index in [4.69, 9.17) is 42.3 Å². The van der Waals surface area contributed by atoms with Crippen LogP contribution in [0.3, 0.4) is 0 Å². The lowest BCUT2D eigenvalue weighted by Crippen LogP contribution is -2.34. The van der Waals surface area contributed by atoms with Gasteiger partial charge in [0.1, 0.15) is 29.8 Å². The Labute approximate surface area is 163 Å². The highest BCUT2D eigenvalue weighted by atomic mass is 35.5. The van der Waals surface area contributed by atoms with E-state index in [0.29, 0.717) is 40.3 Å². The van der Waals surface area contributed by atoms with Crippen molar-refractivity contribution in [3.8, 4) is 5.75 Å². The molecule has 0 amide bonds. The van der Waals surface area contributed by atoms with Gasteiger partial charge in [-0.15, -0.1) is 0 Å². The molecule has 144 valence electrons. The topological polar surface area (TPSA) is 66.3 Å². The molecule has 0 radical (unpaired) electrons. The van der Waals surface area contributed by atoms with E-state index in [9.17, 15) is 4.79 Å². The molecule has 0 aromatic heterocycles. The zero-order valence-corrected chi connectivity index (χ0v) is 17.0. The summed E-state index contributed by atoms with van der Waals surface area (Å²) in [7, 11) is 0. The highest BCUT2D eigenvalue weighted by molar-refractivity contribution is 6.42. The molecular formula is C18H23Cl2NO5. The van der Waals surface area contributed by atoms with Gasteiger partial charge in [0.2, 0.25) is 0 Å². The number of carbonyl (C=O) groups excluding carboxylic acids is 1. The second-order valence-corrected chi connectivity index (χ2v) is 7.59. The smallest absolute Gasteiger partial charge is 0.347 e. The lowest BCUT2D eigenvalue weighted by molar-refractivity contribution is -0.162. The molecule has 0 fully saturated rings. The predicted octanol–water partition coefficient (Wildman–Crippen LogP) is 4.24. The van der Waals surface area contributed by atoms with Crippen LogP contribution < -0.4 is 4.74 Å². The minimum Gasteiger partial charge on any atom is -0.478 e. The fourth-order valence-electron chi connectivity index (χ4n) is 2.31. The molecule has 0 aliphatic carbocycles. The van der Waals surface area contributed by atoms with Crippen molar-refractivity contribution in [3.63, 3.8) is 0 Å². The lowest BCUT2D eigenvalue weighted by Gasteiger charge is -2.23. The average molecular weight is 404 g/mol.